The van der Waals surface area contributed by atoms with Crippen LogP contribution in [0.5, 0.6) is 0 Å². The van der Waals surface area contributed by atoms with E-state index in [2.05, 4.69) is 19.2 Å². The van der Waals surface area contributed by atoms with Crippen LogP contribution in [0.1, 0.15) is 39.2 Å². The van der Waals surface area contributed by atoms with Gasteiger partial charge in [-0.15, -0.1) is 0 Å². The molecule has 0 aromatic heterocycles. The predicted octanol–water partition coefficient (Wildman–Crippen LogP) is 2.77. The standard InChI is InChI=1S/C16H25NO2S/c1-4-17-15-14(10-11-16(15,2)3)20(18,19)12-13-8-6-5-7-9-13/h5-9,14-15,17H,4,10-12H2,1-3H3. The lowest BCUT2D eigenvalue weighted by molar-refractivity contribution is 0.288. The van der Waals surface area contributed by atoms with E-state index in [1.807, 2.05) is 37.3 Å². The fourth-order valence-corrected chi connectivity index (χ4v) is 5.50. The van der Waals surface area contributed by atoms with Gasteiger partial charge in [0, 0.05) is 6.04 Å². The van der Waals surface area contributed by atoms with E-state index in [4.69, 9.17) is 0 Å². The van der Waals surface area contributed by atoms with Crippen LogP contribution >= 0.6 is 0 Å². The van der Waals surface area contributed by atoms with E-state index in [1.54, 1.807) is 0 Å². The molecule has 0 amide bonds. The number of hydrogen-bond donors (Lipinski definition) is 1. The molecule has 1 saturated carbocycles. The van der Waals surface area contributed by atoms with Gasteiger partial charge in [0.05, 0.1) is 11.0 Å². The first kappa shape index (κ1) is 15.5. The number of rotatable bonds is 5. The maximum absolute atomic E-state index is 12.7. The molecular weight excluding hydrogens is 270 g/mol. The van der Waals surface area contributed by atoms with Crippen molar-refractivity contribution in [2.24, 2.45) is 5.41 Å². The van der Waals surface area contributed by atoms with Crippen molar-refractivity contribution in [1.29, 1.82) is 0 Å². The van der Waals surface area contributed by atoms with Gasteiger partial charge >= 0.3 is 0 Å². The minimum Gasteiger partial charge on any atom is -0.312 e. The van der Waals surface area contributed by atoms with Crippen LogP contribution in [-0.4, -0.2) is 26.3 Å². The second-order valence-corrected chi connectivity index (χ2v) is 8.61. The monoisotopic (exact) mass is 295 g/mol. The zero-order valence-electron chi connectivity index (χ0n) is 12.6. The summed E-state index contributed by atoms with van der Waals surface area (Å²) in [5, 5.41) is 3.13. The van der Waals surface area contributed by atoms with Crippen LogP contribution in [0.4, 0.5) is 0 Å². The van der Waals surface area contributed by atoms with Crippen molar-refractivity contribution in [3.63, 3.8) is 0 Å². The van der Waals surface area contributed by atoms with Gasteiger partial charge in [-0.3, -0.25) is 0 Å². The van der Waals surface area contributed by atoms with Crippen LogP contribution in [0.25, 0.3) is 0 Å². The first-order chi connectivity index (χ1) is 9.37. The van der Waals surface area contributed by atoms with Crippen molar-refractivity contribution in [1.82, 2.24) is 5.32 Å². The molecule has 1 aliphatic rings. The van der Waals surface area contributed by atoms with Crippen molar-refractivity contribution >= 4 is 9.84 Å². The zero-order valence-corrected chi connectivity index (χ0v) is 13.4. The van der Waals surface area contributed by atoms with Crippen molar-refractivity contribution in [2.75, 3.05) is 6.54 Å². The first-order valence-electron chi connectivity index (χ1n) is 7.36. The summed E-state index contributed by atoms with van der Waals surface area (Å²) in [6, 6.07) is 9.54. The van der Waals surface area contributed by atoms with Crippen LogP contribution in [-0.2, 0) is 15.6 Å². The molecule has 4 heteroatoms. The highest BCUT2D eigenvalue weighted by Crippen LogP contribution is 2.41. The molecular formula is C16H25NO2S. The van der Waals surface area contributed by atoms with E-state index >= 15 is 0 Å². The molecule has 1 aliphatic carbocycles. The van der Waals surface area contributed by atoms with E-state index in [0.29, 0.717) is 0 Å². The Labute approximate surface area is 122 Å². The van der Waals surface area contributed by atoms with Crippen LogP contribution in [0.15, 0.2) is 30.3 Å². The molecule has 0 aliphatic heterocycles. The molecule has 2 rings (SSSR count). The van der Waals surface area contributed by atoms with Crippen LogP contribution in [0.3, 0.4) is 0 Å². The second-order valence-electron chi connectivity index (χ2n) is 6.39. The molecule has 0 spiro atoms. The Bertz CT molecular complexity index is 537. The summed E-state index contributed by atoms with van der Waals surface area (Å²) in [6.45, 7) is 7.18. The Morgan fingerprint density at radius 3 is 2.50 bits per heavy atom. The normalized spacial score (nSPS) is 25.8. The molecule has 20 heavy (non-hydrogen) atoms. The van der Waals surface area contributed by atoms with E-state index < -0.39 is 9.84 Å². The number of hydrogen-bond acceptors (Lipinski definition) is 3. The predicted molar refractivity (Wildman–Crippen MR) is 83.3 cm³/mol. The summed E-state index contributed by atoms with van der Waals surface area (Å²) in [6.07, 6.45) is 1.73. The lowest BCUT2D eigenvalue weighted by Gasteiger charge is -2.31. The molecule has 1 aromatic rings. The highest BCUT2D eigenvalue weighted by atomic mass is 32.2. The molecule has 2 atom stereocenters. The highest BCUT2D eigenvalue weighted by Gasteiger charge is 2.47. The number of nitrogens with one attached hydrogen (secondary N) is 1. The van der Waals surface area contributed by atoms with Gasteiger partial charge in [0.25, 0.3) is 0 Å². The molecule has 1 N–H and O–H groups in total. The first-order valence-corrected chi connectivity index (χ1v) is 9.07. The molecule has 0 saturated heterocycles. The van der Waals surface area contributed by atoms with Gasteiger partial charge in [0.15, 0.2) is 9.84 Å². The average Bonchev–Trinajstić information content (AvgIpc) is 2.67. The topological polar surface area (TPSA) is 46.2 Å². The maximum atomic E-state index is 12.7. The quantitative estimate of drug-likeness (QED) is 0.908. The summed E-state index contributed by atoms with van der Waals surface area (Å²) >= 11 is 0. The average molecular weight is 295 g/mol. The Hall–Kier alpha value is -0.870. The Morgan fingerprint density at radius 2 is 1.90 bits per heavy atom. The molecule has 0 radical (unpaired) electrons. The van der Waals surface area contributed by atoms with Crippen molar-refractivity contribution in [3.05, 3.63) is 35.9 Å². The minimum absolute atomic E-state index is 0.0461. The van der Waals surface area contributed by atoms with Crippen LogP contribution < -0.4 is 5.32 Å². The van der Waals surface area contributed by atoms with Crippen molar-refractivity contribution < 1.29 is 8.42 Å². The molecule has 3 nitrogen and oxygen atoms in total. The zero-order chi connectivity index (χ0) is 14.8. The van der Waals surface area contributed by atoms with Gasteiger partial charge in [-0.05, 0) is 30.4 Å². The van der Waals surface area contributed by atoms with Crippen molar-refractivity contribution in [3.8, 4) is 0 Å². The van der Waals surface area contributed by atoms with Gasteiger partial charge in [0.1, 0.15) is 0 Å². The lowest BCUT2D eigenvalue weighted by atomic mass is 9.87. The lowest BCUT2D eigenvalue weighted by Crippen LogP contribution is -2.47. The fourth-order valence-electron chi connectivity index (χ4n) is 3.27. The summed E-state index contributed by atoms with van der Waals surface area (Å²) < 4.78 is 25.5. The Morgan fingerprint density at radius 1 is 1.25 bits per heavy atom. The van der Waals surface area contributed by atoms with E-state index in [1.165, 1.54) is 0 Å². The second kappa shape index (κ2) is 5.86. The SMILES string of the molecule is CCNC1C(S(=O)(=O)Cc2ccccc2)CCC1(C)C. The summed E-state index contributed by atoms with van der Waals surface area (Å²) in [7, 11) is -3.12. The third-order valence-corrected chi connectivity index (χ3v) is 6.55. The molecule has 0 heterocycles. The van der Waals surface area contributed by atoms with Gasteiger partial charge in [0.2, 0.25) is 0 Å². The minimum atomic E-state index is -3.12. The smallest absolute Gasteiger partial charge is 0.158 e. The Kier molecular flexibility index (Phi) is 4.55. The van der Waals surface area contributed by atoms with Gasteiger partial charge in [-0.25, -0.2) is 8.42 Å². The molecule has 2 unspecified atom stereocenters. The molecule has 1 aromatic carbocycles. The third kappa shape index (κ3) is 3.23. The summed E-state index contributed by atoms with van der Waals surface area (Å²) in [5.41, 5.74) is 0.928. The summed E-state index contributed by atoms with van der Waals surface area (Å²) in [4.78, 5) is 0. The summed E-state index contributed by atoms with van der Waals surface area (Å²) in [5.74, 6) is 0.149. The van der Waals surface area contributed by atoms with Gasteiger partial charge in [-0.1, -0.05) is 51.1 Å². The van der Waals surface area contributed by atoms with E-state index in [0.717, 1.165) is 24.9 Å². The van der Waals surface area contributed by atoms with Crippen molar-refractivity contribution in [2.45, 2.75) is 50.7 Å². The largest absolute Gasteiger partial charge is 0.312 e. The Balaban J connectivity index is 2.21. The van der Waals surface area contributed by atoms with E-state index in [-0.39, 0.29) is 22.5 Å². The number of benzene rings is 1. The van der Waals surface area contributed by atoms with Gasteiger partial charge in [-0.2, -0.15) is 0 Å². The van der Waals surface area contributed by atoms with Crippen LogP contribution in [0.2, 0.25) is 0 Å². The highest BCUT2D eigenvalue weighted by molar-refractivity contribution is 7.91. The van der Waals surface area contributed by atoms with E-state index in [9.17, 15) is 8.42 Å². The third-order valence-electron chi connectivity index (χ3n) is 4.38. The van der Waals surface area contributed by atoms with Crippen LogP contribution in [0, 0.1) is 5.41 Å². The van der Waals surface area contributed by atoms with Gasteiger partial charge < -0.3 is 5.32 Å². The molecule has 112 valence electrons. The number of sulfone groups is 1. The molecule has 1 fully saturated rings. The fraction of sp³-hybridized carbons (Fsp3) is 0.625. The molecule has 0 bridgehead atoms. The maximum Gasteiger partial charge on any atom is 0.158 e.